The Bertz CT molecular complexity index is 2180. The molecular formula is C57H82N5O8P. The molecule has 4 aromatic rings. The minimum absolute atomic E-state index is 0.0355. The van der Waals surface area contributed by atoms with E-state index in [4.69, 9.17) is 28.0 Å². The van der Waals surface area contributed by atoms with Crippen molar-refractivity contribution in [2.24, 2.45) is 5.92 Å². The van der Waals surface area contributed by atoms with Crippen LogP contribution < -0.4 is 20.5 Å². The number of benzene rings is 3. The molecule has 71 heavy (non-hydrogen) atoms. The van der Waals surface area contributed by atoms with Crippen molar-refractivity contribution in [3.05, 3.63) is 118 Å². The number of carbonyl (C=O) groups is 1. The van der Waals surface area contributed by atoms with Crippen molar-refractivity contribution in [1.29, 1.82) is 5.26 Å². The molecule has 0 radical (unpaired) electrons. The monoisotopic (exact) mass is 996 g/mol. The zero-order valence-electron chi connectivity index (χ0n) is 43.9. The highest BCUT2D eigenvalue weighted by Gasteiger charge is 2.45. The van der Waals surface area contributed by atoms with Crippen molar-refractivity contribution < 1.29 is 32.8 Å². The first-order chi connectivity index (χ1) is 34.5. The Hall–Kier alpha value is -4.67. The smallest absolute Gasteiger partial charge is 0.351 e. The minimum Gasteiger partial charge on any atom is -0.497 e. The molecule has 3 aromatic carbocycles. The predicted octanol–water partition coefficient (Wildman–Crippen LogP) is 13.3. The summed E-state index contributed by atoms with van der Waals surface area (Å²) in [7, 11) is 1.58. The zero-order valence-corrected chi connectivity index (χ0v) is 44.7. The first-order valence-corrected chi connectivity index (χ1v) is 27.4. The molecule has 14 heteroatoms. The summed E-state index contributed by atoms with van der Waals surface area (Å²) in [6.45, 7) is 13.0. The summed E-state index contributed by atoms with van der Waals surface area (Å²) in [5.74, 6) is 1.41. The minimum atomic E-state index is -1.70. The number of hydrogen-bond donors (Lipinski definition) is 1. The third-order valence-corrected chi connectivity index (χ3v) is 15.4. The van der Waals surface area contributed by atoms with Gasteiger partial charge in [0, 0.05) is 30.6 Å². The summed E-state index contributed by atoms with van der Waals surface area (Å²) in [4.78, 5) is 32.4. The molecule has 2 unspecified atom stereocenters. The van der Waals surface area contributed by atoms with E-state index in [1.165, 1.54) is 55.9 Å². The average molecular weight is 996 g/mol. The summed E-state index contributed by atoms with van der Waals surface area (Å²) in [6, 6.07) is 29.7. The van der Waals surface area contributed by atoms with Crippen LogP contribution in [0.25, 0.3) is 0 Å². The molecule has 5 rings (SSSR count). The van der Waals surface area contributed by atoms with Gasteiger partial charge in [-0.05, 0) is 87.6 Å². The van der Waals surface area contributed by atoms with Gasteiger partial charge in [-0.25, -0.2) is 9.46 Å². The van der Waals surface area contributed by atoms with Crippen LogP contribution >= 0.6 is 8.53 Å². The van der Waals surface area contributed by atoms with Gasteiger partial charge in [-0.2, -0.15) is 10.2 Å². The van der Waals surface area contributed by atoms with Crippen molar-refractivity contribution in [2.45, 2.75) is 180 Å². The van der Waals surface area contributed by atoms with Gasteiger partial charge in [0.15, 0.2) is 0 Å². The molecule has 0 aliphatic carbocycles. The van der Waals surface area contributed by atoms with Crippen LogP contribution in [0, 0.1) is 17.2 Å². The van der Waals surface area contributed by atoms with Crippen LogP contribution in [-0.4, -0.2) is 71.9 Å². The lowest BCUT2D eigenvalue weighted by Gasteiger charge is -2.39. The fourth-order valence-corrected chi connectivity index (χ4v) is 11.3. The Kier molecular flexibility index (Phi) is 24.5. The van der Waals surface area contributed by atoms with Crippen LogP contribution in [0.4, 0.5) is 5.82 Å². The molecule has 1 fully saturated rings. The van der Waals surface area contributed by atoms with E-state index in [0.29, 0.717) is 11.5 Å². The summed E-state index contributed by atoms with van der Waals surface area (Å²) in [5, 5.41) is 12.5. The fourth-order valence-electron chi connectivity index (χ4n) is 9.50. The third-order valence-electron chi connectivity index (χ3n) is 13.3. The Morgan fingerprint density at radius 3 is 1.85 bits per heavy atom. The van der Waals surface area contributed by atoms with E-state index in [2.05, 4.69) is 62.6 Å². The molecule has 13 nitrogen and oxygen atoms in total. The molecule has 1 saturated heterocycles. The van der Waals surface area contributed by atoms with Gasteiger partial charge in [0.25, 0.3) is 8.53 Å². The van der Waals surface area contributed by atoms with E-state index in [0.717, 1.165) is 55.2 Å². The number of rotatable bonds is 33. The maximum absolute atomic E-state index is 14.1. The standard InChI is InChI=1S/C57H82N5O8P/c1-9-11-13-15-16-18-21-26-45(25-20-17-14-12-10-2)55(63)59-53-37-39-61(56(64)60-53)54-41-51(70-71(68-40-24-38-58)62(43(3)4)44(5)6)52(69-54)42-67-57(46-27-22-19-23-28-46,47-29-33-49(65-7)34-30-47)48-31-35-50(66-8)36-32-48/h19,22-23,27-37,39,43-45,51-52,54H,9-18,20-21,24-26,40-42H2,1-8H3,(H,59,60,63,64)/t45?,51-,52+,54+,71?/m0/s1. The number of hydrogen-bond acceptors (Lipinski definition) is 11. The van der Waals surface area contributed by atoms with Gasteiger partial charge < -0.3 is 33.3 Å². The van der Waals surface area contributed by atoms with Crippen LogP contribution in [0.5, 0.6) is 11.5 Å². The van der Waals surface area contributed by atoms with Gasteiger partial charge in [0.2, 0.25) is 5.91 Å². The molecule has 1 N–H and O–H groups in total. The first-order valence-electron chi connectivity index (χ1n) is 26.3. The predicted molar refractivity (Wildman–Crippen MR) is 283 cm³/mol. The lowest BCUT2D eigenvalue weighted by molar-refractivity contribution is -0.120. The van der Waals surface area contributed by atoms with Gasteiger partial charge in [0.05, 0.1) is 46.0 Å². The van der Waals surface area contributed by atoms with Crippen LogP contribution in [-0.2, 0) is 28.9 Å². The van der Waals surface area contributed by atoms with E-state index in [1.54, 1.807) is 26.5 Å². The number of methoxy groups -OCH3 is 2. The normalized spacial score (nSPS) is 16.8. The molecule has 1 aliphatic heterocycles. The molecule has 1 amide bonds. The van der Waals surface area contributed by atoms with Crippen LogP contribution in [0.3, 0.4) is 0 Å². The molecule has 1 aromatic heterocycles. The summed E-state index contributed by atoms with van der Waals surface area (Å²) < 4.78 is 42.5. The largest absolute Gasteiger partial charge is 0.497 e. The number of anilines is 1. The molecule has 5 atom stereocenters. The second-order valence-corrected chi connectivity index (χ2v) is 20.6. The second kappa shape index (κ2) is 30.4. The highest BCUT2D eigenvalue weighted by atomic mass is 31.2. The highest BCUT2D eigenvalue weighted by Crippen LogP contribution is 2.51. The Labute approximate surface area is 425 Å². The van der Waals surface area contributed by atoms with Gasteiger partial charge in [-0.15, -0.1) is 0 Å². The molecule has 0 bridgehead atoms. The van der Waals surface area contributed by atoms with Crippen molar-refractivity contribution in [1.82, 2.24) is 14.2 Å². The van der Waals surface area contributed by atoms with Crippen molar-refractivity contribution in [2.75, 3.05) is 32.8 Å². The second-order valence-electron chi connectivity index (χ2n) is 19.2. The number of amides is 1. The van der Waals surface area contributed by atoms with Crippen molar-refractivity contribution >= 4 is 20.3 Å². The molecule has 2 heterocycles. The van der Waals surface area contributed by atoms with Gasteiger partial charge in [0.1, 0.15) is 35.2 Å². The summed E-state index contributed by atoms with van der Waals surface area (Å²) in [6.07, 6.45) is 15.6. The number of aromatic nitrogens is 2. The number of nitriles is 1. The van der Waals surface area contributed by atoms with E-state index >= 15 is 0 Å². The molecule has 0 spiro atoms. The summed E-state index contributed by atoms with van der Waals surface area (Å²) in [5.41, 5.74) is 0.893. The molecular weight excluding hydrogens is 914 g/mol. The Balaban J connectivity index is 1.47. The van der Waals surface area contributed by atoms with Crippen molar-refractivity contribution in [3.8, 4) is 17.6 Å². The molecule has 0 saturated carbocycles. The van der Waals surface area contributed by atoms with Gasteiger partial charge in [-0.3, -0.25) is 9.36 Å². The number of carbonyl (C=O) groups excluding carboxylic acids is 1. The topological polar surface area (TPSA) is 146 Å². The maximum Gasteiger partial charge on any atom is 0.351 e. The number of ether oxygens (including phenoxy) is 4. The Morgan fingerprint density at radius 2 is 1.34 bits per heavy atom. The number of nitrogens with zero attached hydrogens (tertiary/aromatic N) is 4. The maximum atomic E-state index is 14.1. The zero-order chi connectivity index (χ0) is 51.0. The number of unbranched alkanes of at least 4 members (excludes halogenated alkanes) is 10. The summed E-state index contributed by atoms with van der Waals surface area (Å²) >= 11 is 0. The lowest BCUT2D eigenvalue weighted by Crippen LogP contribution is -2.39. The molecule has 1 aliphatic rings. The molecule has 388 valence electrons. The van der Waals surface area contributed by atoms with Crippen molar-refractivity contribution in [3.63, 3.8) is 0 Å². The van der Waals surface area contributed by atoms with Gasteiger partial charge >= 0.3 is 5.69 Å². The van der Waals surface area contributed by atoms with Crippen LogP contribution in [0.15, 0.2) is 95.9 Å². The van der Waals surface area contributed by atoms with Crippen LogP contribution in [0.2, 0.25) is 0 Å². The highest BCUT2D eigenvalue weighted by molar-refractivity contribution is 7.44. The third kappa shape index (κ3) is 16.7. The van der Waals surface area contributed by atoms with Gasteiger partial charge in [-0.1, -0.05) is 145 Å². The van der Waals surface area contributed by atoms with E-state index < -0.39 is 38.3 Å². The van der Waals surface area contributed by atoms with E-state index in [1.807, 2.05) is 78.9 Å². The van der Waals surface area contributed by atoms with E-state index in [-0.39, 0.29) is 55.8 Å². The van der Waals surface area contributed by atoms with Crippen LogP contribution in [0.1, 0.15) is 167 Å². The van der Waals surface area contributed by atoms with E-state index in [9.17, 15) is 14.9 Å². The number of nitrogens with one attached hydrogen (secondary N) is 1. The SMILES string of the molecule is CCCCCCCCCC(CCCCCCC)C(=O)Nc1ccn([C@H]2C[C@H](OP(OCCC#N)N(C(C)C)C(C)C)[C@@H](COC(c3ccccc3)(c3ccc(OC)cc3)c3ccc(OC)cc3)O2)c(=O)n1. The average Bonchev–Trinajstić information content (AvgIpc) is 3.77. The fraction of sp³-hybridized carbons (Fsp3) is 0.579. The first kappa shape index (κ1) is 57.2. The Morgan fingerprint density at radius 1 is 0.803 bits per heavy atom. The lowest BCUT2D eigenvalue weighted by atomic mass is 9.80. The quantitative estimate of drug-likeness (QED) is 0.0276.